The minimum Gasteiger partial charge on any atom is -0.342 e. The van der Waals surface area contributed by atoms with Crippen LogP contribution >= 0.6 is 0 Å². The molecule has 2 aromatic rings. The normalized spacial score (nSPS) is 17.9. The van der Waals surface area contributed by atoms with E-state index in [-0.39, 0.29) is 5.54 Å². The van der Waals surface area contributed by atoms with E-state index in [1.165, 1.54) is 5.56 Å². The van der Waals surface area contributed by atoms with Gasteiger partial charge in [-0.15, -0.1) is 0 Å². The lowest BCUT2D eigenvalue weighted by Crippen LogP contribution is -2.24. The molecule has 1 aromatic heterocycles. The van der Waals surface area contributed by atoms with Crippen molar-refractivity contribution in [2.24, 2.45) is 5.73 Å². The topological polar surface area (TPSA) is 54.7 Å². The molecule has 3 rings (SSSR count). The highest BCUT2D eigenvalue weighted by Crippen LogP contribution is 2.36. The molecule has 0 spiro atoms. The maximum absolute atomic E-state index is 6.15. The predicted molar refractivity (Wildman–Crippen MR) is 70.0 cm³/mol. The average Bonchev–Trinajstić information content (AvgIpc) is 2.84. The molecular formula is C14H19N3. The second-order valence-corrected chi connectivity index (χ2v) is 5.67. The Kier molecular flexibility index (Phi) is 2.26. The molecule has 1 aromatic carbocycles. The average molecular weight is 229 g/mol. The van der Waals surface area contributed by atoms with Crippen molar-refractivity contribution in [1.29, 1.82) is 0 Å². The molecule has 3 N–H and O–H groups in total. The maximum atomic E-state index is 6.15. The van der Waals surface area contributed by atoms with Crippen molar-refractivity contribution in [2.45, 2.75) is 44.6 Å². The van der Waals surface area contributed by atoms with E-state index in [2.05, 4.69) is 42.0 Å². The monoisotopic (exact) mass is 229 g/mol. The van der Waals surface area contributed by atoms with Gasteiger partial charge in [0.1, 0.15) is 5.82 Å². The van der Waals surface area contributed by atoms with Crippen LogP contribution in [-0.2, 0) is 6.42 Å². The van der Waals surface area contributed by atoms with Crippen molar-refractivity contribution in [2.75, 3.05) is 0 Å². The third-order valence-corrected chi connectivity index (χ3v) is 3.56. The third kappa shape index (κ3) is 2.07. The Hall–Kier alpha value is -1.35. The molecule has 3 heteroatoms. The van der Waals surface area contributed by atoms with E-state index in [1.54, 1.807) is 0 Å². The summed E-state index contributed by atoms with van der Waals surface area (Å²) < 4.78 is 0. The highest BCUT2D eigenvalue weighted by Gasteiger charge is 2.37. The van der Waals surface area contributed by atoms with Crippen LogP contribution in [0, 0.1) is 0 Å². The molecule has 1 saturated carbocycles. The summed E-state index contributed by atoms with van der Waals surface area (Å²) in [6.07, 6.45) is 3.30. The number of hydrogen-bond acceptors (Lipinski definition) is 2. The summed E-state index contributed by atoms with van der Waals surface area (Å²) in [7, 11) is 0. The number of nitrogens with two attached hydrogens (primary N) is 1. The first-order valence-corrected chi connectivity index (χ1v) is 6.33. The van der Waals surface area contributed by atoms with E-state index in [4.69, 9.17) is 5.73 Å². The fourth-order valence-corrected chi connectivity index (χ4v) is 2.20. The summed E-state index contributed by atoms with van der Waals surface area (Å²) in [4.78, 5) is 7.97. The van der Waals surface area contributed by atoms with Gasteiger partial charge in [-0.1, -0.05) is 19.9 Å². The molecule has 3 nitrogen and oxygen atoms in total. The molecule has 90 valence electrons. The zero-order chi connectivity index (χ0) is 12.0. The summed E-state index contributed by atoms with van der Waals surface area (Å²) in [6.45, 7) is 4.30. The van der Waals surface area contributed by atoms with Crippen LogP contribution in [-0.4, -0.2) is 15.5 Å². The van der Waals surface area contributed by atoms with Gasteiger partial charge in [0.05, 0.1) is 11.0 Å². The molecule has 0 saturated heterocycles. The van der Waals surface area contributed by atoms with Gasteiger partial charge in [-0.05, 0) is 37.0 Å². The minimum absolute atomic E-state index is 0.0780. The van der Waals surface area contributed by atoms with Crippen LogP contribution in [0.5, 0.6) is 0 Å². The quantitative estimate of drug-likeness (QED) is 0.850. The number of aromatic nitrogens is 2. The standard InChI is InChI=1S/C14H19N3/c1-9(2)13-16-11-4-3-10(7-12(11)17-13)8-14(15)5-6-14/h3-4,7,9H,5-6,8,15H2,1-2H3,(H,16,17). The summed E-state index contributed by atoms with van der Waals surface area (Å²) in [5.41, 5.74) is 9.73. The van der Waals surface area contributed by atoms with Crippen LogP contribution in [0.4, 0.5) is 0 Å². The molecule has 17 heavy (non-hydrogen) atoms. The van der Waals surface area contributed by atoms with Crippen molar-refractivity contribution in [3.8, 4) is 0 Å². The van der Waals surface area contributed by atoms with E-state index in [0.29, 0.717) is 5.92 Å². The Morgan fingerprint density at radius 1 is 1.41 bits per heavy atom. The van der Waals surface area contributed by atoms with Gasteiger partial charge in [-0.3, -0.25) is 0 Å². The molecule has 0 radical (unpaired) electrons. The van der Waals surface area contributed by atoms with Gasteiger partial charge in [0.25, 0.3) is 0 Å². The van der Waals surface area contributed by atoms with Gasteiger partial charge in [-0.2, -0.15) is 0 Å². The van der Waals surface area contributed by atoms with E-state index in [0.717, 1.165) is 36.1 Å². The van der Waals surface area contributed by atoms with Gasteiger partial charge in [0, 0.05) is 11.5 Å². The lowest BCUT2D eigenvalue weighted by molar-refractivity contribution is 0.672. The first-order valence-electron chi connectivity index (χ1n) is 6.33. The number of benzene rings is 1. The Labute approximate surface area is 101 Å². The molecule has 0 aliphatic heterocycles. The Balaban J connectivity index is 1.94. The lowest BCUT2D eigenvalue weighted by atomic mass is 10.0. The van der Waals surface area contributed by atoms with Crippen LogP contribution in [0.3, 0.4) is 0 Å². The summed E-state index contributed by atoms with van der Waals surface area (Å²) in [5, 5.41) is 0. The molecule has 1 aliphatic carbocycles. The fraction of sp³-hybridized carbons (Fsp3) is 0.500. The van der Waals surface area contributed by atoms with E-state index in [1.807, 2.05) is 0 Å². The number of H-pyrrole nitrogens is 1. The minimum atomic E-state index is 0.0780. The fourth-order valence-electron chi connectivity index (χ4n) is 2.20. The maximum Gasteiger partial charge on any atom is 0.109 e. The number of nitrogens with one attached hydrogen (secondary N) is 1. The molecular weight excluding hydrogens is 210 g/mol. The number of fused-ring (bicyclic) bond motifs is 1. The number of aromatic amines is 1. The lowest BCUT2D eigenvalue weighted by Gasteiger charge is -2.07. The second-order valence-electron chi connectivity index (χ2n) is 5.67. The molecule has 0 amide bonds. The Morgan fingerprint density at radius 3 is 2.82 bits per heavy atom. The van der Waals surface area contributed by atoms with Gasteiger partial charge in [0.15, 0.2) is 0 Å². The summed E-state index contributed by atoms with van der Waals surface area (Å²) in [6, 6.07) is 6.44. The van der Waals surface area contributed by atoms with E-state index >= 15 is 0 Å². The predicted octanol–water partition coefficient (Wildman–Crippen LogP) is 2.72. The van der Waals surface area contributed by atoms with Crippen molar-refractivity contribution < 1.29 is 0 Å². The molecule has 0 atom stereocenters. The van der Waals surface area contributed by atoms with Crippen LogP contribution < -0.4 is 5.73 Å². The molecule has 1 heterocycles. The number of nitrogens with zero attached hydrogens (tertiary/aromatic N) is 1. The number of imidazole rings is 1. The van der Waals surface area contributed by atoms with E-state index in [9.17, 15) is 0 Å². The third-order valence-electron chi connectivity index (χ3n) is 3.56. The van der Waals surface area contributed by atoms with Gasteiger partial charge in [-0.25, -0.2) is 4.98 Å². The Bertz CT molecular complexity index is 550. The Morgan fingerprint density at radius 2 is 2.18 bits per heavy atom. The first kappa shape index (κ1) is 10.8. The van der Waals surface area contributed by atoms with E-state index < -0.39 is 0 Å². The van der Waals surface area contributed by atoms with Crippen LogP contribution in [0.25, 0.3) is 11.0 Å². The second kappa shape index (κ2) is 3.57. The van der Waals surface area contributed by atoms with Crippen molar-refractivity contribution in [3.05, 3.63) is 29.6 Å². The molecule has 0 bridgehead atoms. The number of hydrogen-bond donors (Lipinski definition) is 2. The van der Waals surface area contributed by atoms with Gasteiger partial charge in [0.2, 0.25) is 0 Å². The molecule has 0 unspecified atom stereocenters. The van der Waals surface area contributed by atoms with Gasteiger partial charge >= 0.3 is 0 Å². The largest absolute Gasteiger partial charge is 0.342 e. The van der Waals surface area contributed by atoms with Crippen LogP contribution in [0.15, 0.2) is 18.2 Å². The summed E-state index contributed by atoms with van der Waals surface area (Å²) in [5.74, 6) is 1.50. The SMILES string of the molecule is CC(C)c1nc2ccc(CC3(N)CC3)cc2[nH]1. The highest BCUT2D eigenvalue weighted by atomic mass is 14.9. The summed E-state index contributed by atoms with van der Waals surface area (Å²) >= 11 is 0. The van der Waals surface area contributed by atoms with Crippen molar-refractivity contribution >= 4 is 11.0 Å². The molecule has 1 fully saturated rings. The number of rotatable bonds is 3. The van der Waals surface area contributed by atoms with Crippen LogP contribution in [0.2, 0.25) is 0 Å². The van der Waals surface area contributed by atoms with Crippen molar-refractivity contribution in [3.63, 3.8) is 0 Å². The zero-order valence-electron chi connectivity index (χ0n) is 10.5. The van der Waals surface area contributed by atoms with Crippen molar-refractivity contribution in [1.82, 2.24) is 9.97 Å². The highest BCUT2D eigenvalue weighted by molar-refractivity contribution is 5.76. The molecule has 1 aliphatic rings. The van der Waals surface area contributed by atoms with Crippen LogP contribution in [0.1, 0.15) is 44.0 Å². The smallest absolute Gasteiger partial charge is 0.109 e. The van der Waals surface area contributed by atoms with Gasteiger partial charge < -0.3 is 10.7 Å². The zero-order valence-corrected chi connectivity index (χ0v) is 10.5. The first-order chi connectivity index (χ1) is 8.06.